The lowest BCUT2D eigenvalue weighted by molar-refractivity contribution is -0.119. The van der Waals surface area contributed by atoms with Crippen LogP contribution in [-0.4, -0.2) is 17.9 Å². The van der Waals surface area contributed by atoms with E-state index >= 15 is 0 Å². The van der Waals surface area contributed by atoms with Crippen molar-refractivity contribution in [3.8, 4) is 0 Å². The van der Waals surface area contributed by atoms with Gasteiger partial charge in [-0.2, -0.15) is 0 Å². The van der Waals surface area contributed by atoms with Gasteiger partial charge in [-0.05, 0) is 23.8 Å². The third-order valence-corrected chi connectivity index (χ3v) is 3.75. The van der Waals surface area contributed by atoms with Crippen LogP contribution in [0.5, 0.6) is 0 Å². The van der Waals surface area contributed by atoms with Gasteiger partial charge in [-0.1, -0.05) is 30.3 Å². The van der Waals surface area contributed by atoms with Gasteiger partial charge in [-0.3, -0.25) is 9.88 Å². The number of hydrogen-bond acceptors (Lipinski definition) is 3. The maximum Gasteiger partial charge on any atom is 0.286 e. The van der Waals surface area contributed by atoms with E-state index in [1.54, 1.807) is 0 Å². The summed E-state index contributed by atoms with van der Waals surface area (Å²) in [5.74, 6) is -0.295. The second-order valence-corrected chi connectivity index (χ2v) is 6.34. The molecular weight excluding hydrogens is 245 g/mol. The van der Waals surface area contributed by atoms with Gasteiger partial charge in [-0.25, -0.2) is 0 Å². The SMILES string of the molecule is COP(O)(=S)NC(=O)CCc1ccccc1. The topological polar surface area (TPSA) is 58.6 Å². The Kier molecular flexibility index (Phi) is 5.09. The predicted molar refractivity (Wildman–Crippen MR) is 66.4 cm³/mol. The zero-order valence-electron chi connectivity index (χ0n) is 8.92. The Labute approximate surface area is 99.9 Å². The molecule has 1 unspecified atom stereocenters. The number of benzene rings is 1. The van der Waals surface area contributed by atoms with Gasteiger partial charge >= 0.3 is 0 Å². The highest BCUT2D eigenvalue weighted by atomic mass is 32.5. The highest BCUT2D eigenvalue weighted by Crippen LogP contribution is 2.35. The number of nitrogens with one attached hydrogen (secondary N) is 1. The molecule has 0 aromatic heterocycles. The Morgan fingerprint density at radius 2 is 2.12 bits per heavy atom. The molecule has 0 saturated heterocycles. The lowest BCUT2D eigenvalue weighted by atomic mass is 10.1. The molecule has 0 aliphatic heterocycles. The minimum absolute atomic E-state index is 0.284. The largest absolute Gasteiger partial charge is 0.329 e. The third kappa shape index (κ3) is 4.86. The maximum atomic E-state index is 11.4. The summed E-state index contributed by atoms with van der Waals surface area (Å²) in [7, 11) is 1.28. The van der Waals surface area contributed by atoms with E-state index in [1.807, 2.05) is 30.3 Å². The summed E-state index contributed by atoms with van der Waals surface area (Å²) in [4.78, 5) is 20.8. The number of aryl methyl sites for hydroxylation is 1. The number of amides is 1. The van der Waals surface area contributed by atoms with Crippen molar-refractivity contribution < 1.29 is 14.2 Å². The summed E-state index contributed by atoms with van der Waals surface area (Å²) in [6.07, 6.45) is 0.901. The van der Waals surface area contributed by atoms with Crippen LogP contribution in [0, 0.1) is 0 Å². The van der Waals surface area contributed by atoms with E-state index in [9.17, 15) is 9.69 Å². The minimum atomic E-state index is -3.12. The summed E-state index contributed by atoms with van der Waals surface area (Å²) in [6, 6.07) is 9.64. The average Bonchev–Trinajstić information content (AvgIpc) is 2.27. The van der Waals surface area contributed by atoms with Crippen LogP contribution < -0.4 is 5.09 Å². The third-order valence-electron chi connectivity index (χ3n) is 2.00. The zero-order chi connectivity index (χ0) is 12.0. The average molecular weight is 259 g/mol. The molecular formula is C10H14NO3PS. The van der Waals surface area contributed by atoms with Crippen molar-refractivity contribution in [1.82, 2.24) is 5.09 Å². The summed E-state index contributed by atoms with van der Waals surface area (Å²) in [5, 5.41) is 2.30. The fourth-order valence-electron chi connectivity index (χ4n) is 1.16. The van der Waals surface area contributed by atoms with Crippen molar-refractivity contribution in [1.29, 1.82) is 0 Å². The van der Waals surface area contributed by atoms with Crippen molar-refractivity contribution >= 4 is 24.4 Å². The van der Waals surface area contributed by atoms with Crippen molar-refractivity contribution in [2.75, 3.05) is 7.11 Å². The Morgan fingerprint density at radius 3 is 2.69 bits per heavy atom. The van der Waals surface area contributed by atoms with Crippen LogP contribution >= 0.6 is 6.64 Å². The number of hydrogen-bond donors (Lipinski definition) is 2. The first-order valence-corrected chi connectivity index (χ1v) is 7.44. The Hall–Kier alpha value is -0.740. The molecule has 1 atom stereocenters. The highest BCUT2D eigenvalue weighted by Gasteiger charge is 2.14. The van der Waals surface area contributed by atoms with Gasteiger partial charge < -0.3 is 9.42 Å². The summed E-state index contributed by atoms with van der Waals surface area (Å²) < 4.78 is 4.61. The highest BCUT2D eigenvalue weighted by molar-refractivity contribution is 8.08. The summed E-state index contributed by atoms with van der Waals surface area (Å²) >= 11 is 4.66. The fraction of sp³-hybridized carbons (Fsp3) is 0.300. The van der Waals surface area contributed by atoms with Crippen LogP contribution in [0.1, 0.15) is 12.0 Å². The molecule has 1 aromatic carbocycles. The summed E-state index contributed by atoms with van der Waals surface area (Å²) in [5.41, 5.74) is 1.07. The van der Waals surface area contributed by atoms with E-state index in [4.69, 9.17) is 0 Å². The standard InChI is InChI=1S/C10H14NO3PS/c1-14-15(13,16)11-10(12)8-7-9-5-3-2-4-6-9/h2-6H,7-8H2,1H3,(H2,11,12,13,16). The van der Waals surface area contributed by atoms with Crippen molar-refractivity contribution in [3.05, 3.63) is 35.9 Å². The fourth-order valence-corrected chi connectivity index (χ4v) is 1.99. The van der Waals surface area contributed by atoms with Crippen molar-refractivity contribution in [2.24, 2.45) is 0 Å². The van der Waals surface area contributed by atoms with Crippen LogP contribution in [0.15, 0.2) is 30.3 Å². The van der Waals surface area contributed by atoms with Gasteiger partial charge in [0.2, 0.25) is 5.91 Å². The molecule has 0 saturated carbocycles. The lowest BCUT2D eigenvalue weighted by Gasteiger charge is -2.13. The number of rotatable bonds is 5. The minimum Gasteiger partial charge on any atom is -0.329 e. The molecule has 1 amide bonds. The van der Waals surface area contributed by atoms with Crippen LogP contribution in [-0.2, 0) is 27.5 Å². The Balaban J connectivity index is 2.40. The van der Waals surface area contributed by atoms with Gasteiger partial charge in [-0.15, -0.1) is 0 Å². The smallest absolute Gasteiger partial charge is 0.286 e. The molecule has 0 fully saturated rings. The Bertz CT molecular complexity index is 396. The Morgan fingerprint density at radius 1 is 1.50 bits per heavy atom. The first-order chi connectivity index (χ1) is 7.53. The molecule has 0 aliphatic rings. The molecule has 16 heavy (non-hydrogen) atoms. The first-order valence-electron chi connectivity index (χ1n) is 4.77. The van der Waals surface area contributed by atoms with Gasteiger partial charge in [0.05, 0.1) is 0 Å². The molecule has 1 aromatic rings. The molecule has 4 nitrogen and oxygen atoms in total. The van der Waals surface area contributed by atoms with E-state index in [0.717, 1.165) is 5.56 Å². The summed E-state index contributed by atoms with van der Waals surface area (Å²) in [6.45, 7) is -3.12. The molecule has 6 heteroatoms. The molecule has 0 heterocycles. The molecule has 0 aliphatic carbocycles. The molecule has 2 N–H and O–H groups in total. The van der Waals surface area contributed by atoms with Gasteiger partial charge in [0, 0.05) is 13.5 Å². The van der Waals surface area contributed by atoms with E-state index in [-0.39, 0.29) is 12.3 Å². The molecule has 0 bridgehead atoms. The lowest BCUT2D eigenvalue weighted by Crippen LogP contribution is -2.20. The second kappa shape index (κ2) is 6.11. The molecule has 0 radical (unpaired) electrons. The van der Waals surface area contributed by atoms with Crippen LogP contribution in [0.4, 0.5) is 0 Å². The number of carbonyl (C=O) groups excluding carboxylic acids is 1. The molecule has 0 spiro atoms. The molecule has 1 rings (SSSR count). The maximum absolute atomic E-state index is 11.4. The van der Waals surface area contributed by atoms with Crippen LogP contribution in [0.2, 0.25) is 0 Å². The van der Waals surface area contributed by atoms with Gasteiger partial charge in [0.15, 0.2) is 0 Å². The first kappa shape index (κ1) is 13.3. The monoisotopic (exact) mass is 259 g/mol. The predicted octanol–water partition coefficient (Wildman–Crippen LogP) is 1.60. The molecule has 88 valence electrons. The quantitative estimate of drug-likeness (QED) is 0.789. The van der Waals surface area contributed by atoms with Crippen molar-refractivity contribution in [2.45, 2.75) is 12.8 Å². The normalized spacial score (nSPS) is 14.1. The van der Waals surface area contributed by atoms with E-state index < -0.39 is 6.64 Å². The van der Waals surface area contributed by atoms with E-state index in [0.29, 0.717) is 6.42 Å². The zero-order valence-corrected chi connectivity index (χ0v) is 10.6. The van der Waals surface area contributed by atoms with Gasteiger partial charge in [0.25, 0.3) is 6.64 Å². The second-order valence-electron chi connectivity index (χ2n) is 3.22. The van der Waals surface area contributed by atoms with E-state index in [2.05, 4.69) is 21.4 Å². The van der Waals surface area contributed by atoms with Crippen molar-refractivity contribution in [3.63, 3.8) is 0 Å². The van der Waals surface area contributed by atoms with Gasteiger partial charge in [0.1, 0.15) is 0 Å². The van der Waals surface area contributed by atoms with E-state index in [1.165, 1.54) is 7.11 Å². The van der Waals surface area contributed by atoms with Crippen LogP contribution in [0.25, 0.3) is 0 Å². The number of carbonyl (C=O) groups is 1. The van der Waals surface area contributed by atoms with Crippen LogP contribution in [0.3, 0.4) is 0 Å².